The summed E-state index contributed by atoms with van der Waals surface area (Å²) in [5, 5.41) is 18.0. The Bertz CT molecular complexity index is 1810. The number of hydrogen-bond acceptors (Lipinski definition) is 6. The normalized spacial score (nSPS) is 12.8. The summed E-state index contributed by atoms with van der Waals surface area (Å²) in [5.41, 5.74) is 2.65. The minimum atomic E-state index is -1.20. The first-order valence-electron chi connectivity index (χ1n) is 15.8. The molecule has 3 amide bonds. The average molecular weight is 662 g/mol. The number of ether oxygens (including phenoxy) is 1. The van der Waals surface area contributed by atoms with E-state index in [0.29, 0.717) is 11.1 Å². The summed E-state index contributed by atoms with van der Waals surface area (Å²) in [6.07, 6.45) is 3.30. The van der Waals surface area contributed by atoms with E-state index < -0.39 is 47.8 Å². The van der Waals surface area contributed by atoms with E-state index in [0.717, 1.165) is 11.1 Å². The van der Waals surface area contributed by atoms with Gasteiger partial charge in [-0.1, -0.05) is 123 Å². The van der Waals surface area contributed by atoms with Gasteiger partial charge in [-0.2, -0.15) is 0 Å². The zero-order chi connectivity index (χ0) is 35.3. The molecule has 2 unspecified atom stereocenters. The molecule has 0 saturated heterocycles. The Morgan fingerprint density at radius 3 is 1.73 bits per heavy atom. The van der Waals surface area contributed by atoms with Crippen LogP contribution in [0.3, 0.4) is 0 Å². The molecule has 0 heterocycles. The number of carbonyl (C=O) groups excluding carboxylic acids is 4. The van der Waals surface area contributed by atoms with Crippen molar-refractivity contribution in [1.29, 1.82) is 0 Å². The van der Waals surface area contributed by atoms with Gasteiger partial charge in [-0.05, 0) is 40.3 Å². The molecule has 4 aromatic rings. The first-order chi connectivity index (χ1) is 23.6. The lowest BCUT2D eigenvalue weighted by atomic mass is 9.94. The monoisotopic (exact) mass is 661 g/mol. The Morgan fingerprint density at radius 2 is 1.20 bits per heavy atom. The third-order valence-electron chi connectivity index (χ3n) is 7.79. The molecule has 10 heteroatoms. The average Bonchev–Trinajstić information content (AvgIpc) is 3.12. The van der Waals surface area contributed by atoms with Gasteiger partial charge in [-0.25, -0.2) is 9.59 Å². The topological polar surface area (TPSA) is 151 Å². The predicted octanol–water partition coefficient (Wildman–Crippen LogP) is 4.90. The quantitative estimate of drug-likeness (QED) is 0.140. The summed E-state index contributed by atoms with van der Waals surface area (Å²) >= 11 is 0. The molecule has 4 N–H and O–H groups in total. The van der Waals surface area contributed by atoms with Gasteiger partial charge in [0, 0.05) is 17.5 Å². The second-order valence-corrected chi connectivity index (χ2v) is 11.6. The lowest BCUT2D eigenvalue weighted by Crippen LogP contribution is -2.52. The molecule has 0 aliphatic heterocycles. The first kappa shape index (κ1) is 35.8. The van der Waals surface area contributed by atoms with E-state index >= 15 is 0 Å². The van der Waals surface area contributed by atoms with E-state index in [4.69, 9.17) is 4.74 Å². The van der Waals surface area contributed by atoms with Gasteiger partial charge in [0.05, 0.1) is 7.11 Å². The smallest absolute Gasteiger partial charge is 0.328 e. The van der Waals surface area contributed by atoms with Crippen LogP contribution in [-0.2, 0) is 25.5 Å². The number of carboxylic acids is 1. The lowest BCUT2D eigenvalue weighted by molar-refractivity contribution is -0.146. The molecule has 252 valence electrons. The number of esters is 1. The highest BCUT2D eigenvalue weighted by atomic mass is 16.5. The molecule has 0 aliphatic carbocycles. The van der Waals surface area contributed by atoms with Gasteiger partial charge in [0.2, 0.25) is 5.91 Å². The van der Waals surface area contributed by atoms with Crippen LogP contribution in [0.25, 0.3) is 17.2 Å². The zero-order valence-electron chi connectivity index (χ0n) is 27.5. The van der Waals surface area contributed by atoms with Gasteiger partial charge in [-0.15, -0.1) is 0 Å². The molecular formula is C39H39N3O7. The molecule has 10 nitrogen and oxygen atoms in total. The van der Waals surface area contributed by atoms with E-state index in [-0.39, 0.29) is 23.5 Å². The third-order valence-corrected chi connectivity index (χ3v) is 7.79. The second kappa shape index (κ2) is 17.2. The Kier molecular flexibility index (Phi) is 12.6. The fourth-order valence-electron chi connectivity index (χ4n) is 5.18. The van der Waals surface area contributed by atoms with Crippen LogP contribution >= 0.6 is 0 Å². The van der Waals surface area contributed by atoms with Gasteiger partial charge < -0.3 is 25.8 Å². The number of rotatable bonds is 14. The van der Waals surface area contributed by atoms with Crippen LogP contribution < -0.4 is 16.0 Å². The Labute approximate surface area is 285 Å². The highest BCUT2D eigenvalue weighted by Crippen LogP contribution is 2.28. The van der Waals surface area contributed by atoms with Crippen molar-refractivity contribution >= 4 is 35.7 Å². The summed E-state index contributed by atoms with van der Waals surface area (Å²) in [6, 6.07) is 28.0. The second-order valence-electron chi connectivity index (χ2n) is 11.6. The molecule has 0 radical (unpaired) electrons. The fraction of sp³-hybridized carbons (Fsp3) is 0.205. The summed E-state index contributed by atoms with van der Waals surface area (Å²) in [6.45, 7) is 3.53. The van der Waals surface area contributed by atoms with E-state index in [1.807, 2.05) is 36.4 Å². The molecular weight excluding hydrogens is 622 g/mol. The standard InChI is InChI=1S/C39H39N3O7/c1-25(2)34(39(48)49-3)42-37(45)32(23-22-26-14-6-4-7-15-26)40-35(43)30-20-12-10-18-28(30)29-19-11-13-21-31(29)36(44)41-33(38(46)47)24-27-16-8-5-9-17-27/h4-23,25,32-34H,24H2,1-3H3,(H,40,43)(H,41,44)(H,42,45)(H,46,47)/b23-22+/t32?,33?,34-/m0/s1. The maximum absolute atomic E-state index is 13.9. The van der Waals surface area contributed by atoms with Gasteiger partial charge in [-0.3, -0.25) is 14.4 Å². The minimum absolute atomic E-state index is 0.0800. The van der Waals surface area contributed by atoms with Crippen LogP contribution in [-0.4, -0.2) is 60.0 Å². The third kappa shape index (κ3) is 9.74. The number of carboxylic acid groups (broad SMARTS) is 1. The lowest BCUT2D eigenvalue weighted by Gasteiger charge is -2.23. The molecule has 0 saturated carbocycles. The van der Waals surface area contributed by atoms with Crippen molar-refractivity contribution in [2.75, 3.05) is 7.11 Å². The van der Waals surface area contributed by atoms with E-state index in [1.165, 1.54) is 13.2 Å². The van der Waals surface area contributed by atoms with Crippen molar-refractivity contribution in [2.45, 2.75) is 38.4 Å². The number of benzene rings is 4. The highest BCUT2D eigenvalue weighted by molar-refractivity contribution is 6.08. The largest absolute Gasteiger partial charge is 0.480 e. The van der Waals surface area contributed by atoms with Crippen LogP contribution in [0.15, 0.2) is 115 Å². The number of nitrogens with one attached hydrogen (secondary N) is 3. The van der Waals surface area contributed by atoms with Crippen LogP contribution in [0.2, 0.25) is 0 Å². The van der Waals surface area contributed by atoms with Gasteiger partial charge in [0.15, 0.2) is 0 Å². The summed E-state index contributed by atoms with van der Waals surface area (Å²) in [7, 11) is 1.23. The number of aliphatic carboxylic acids is 1. The molecule has 0 aromatic heterocycles. The summed E-state index contributed by atoms with van der Waals surface area (Å²) < 4.78 is 4.87. The van der Waals surface area contributed by atoms with Crippen LogP contribution in [0, 0.1) is 5.92 Å². The molecule has 49 heavy (non-hydrogen) atoms. The van der Waals surface area contributed by atoms with Crippen molar-refractivity contribution in [3.8, 4) is 11.1 Å². The fourth-order valence-corrected chi connectivity index (χ4v) is 5.18. The highest BCUT2D eigenvalue weighted by Gasteiger charge is 2.29. The number of methoxy groups -OCH3 is 1. The maximum Gasteiger partial charge on any atom is 0.328 e. The van der Waals surface area contributed by atoms with Gasteiger partial charge >= 0.3 is 11.9 Å². The van der Waals surface area contributed by atoms with E-state index in [9.17, 15) is 29.1 Å². The van der Waals surface area contributed by atoms with Crippen molar-refractivity contribution in [2.24, 2.45) is 5.92 Å². The molecule has 4 aromatic carbocycles. The molecule has 0 fully saturated rings. The van der Waals surface area contributed by atoms with Gasteiger partial charge in [0.1, 0.15) is 18.1 Å². The molecule has 0 spiro atoms. The molecule has 3 atom stereocenters. The van der Waals surface area contributed by atoms with Crippen molar-refractivity contribution in [3.05, 3.63) is 138 Å². The summed E-state index contributed by atoms with van der Waals surface area (Å²) in [5.74, 6) is -3.96. The molecule has 0 aliphatic rings. The van der Waals surface area contributed by atoms with Crippen LogP contribution in [0.4, 0.5) is 0 Å². The van der Waals surface area contributed by atoms with Crippen LogP contribution in [0.1, 0.15) is 45.7 Å². The van der Waals surface area contributed by atoms with Gasteiger partial charge in [0.25, 0.3) is 11.8 Å². The van der Waals surface area contributed by atoms with Crippen LogP contribution in [0.5, 0.6) is 0 Å². The van der Waals surface area contributed by atoms with Crippen molar-refractivity contribution in [3.63, 3.8) is 0 Å². The van der Waals surface area contributed by atoms with E-state index in [2.05, 4.69) is 16.0 Å². The van der Waals surface area contributed by atoms with Crippen molar-refractivity contribution < 1.29 is 33.8 Å². The number of carbonyl (C=O) groups is 5. The zero-order valence-corrected chi connectivity index (χ0v) is 27.5. The number of amides is 3. The predicted molar refractivity (Wildman–Crippen MR) is 186 cm³/mol. The first-order valence-corrected chi connectivity index (χ1v) is 15.8. The number of hydrogen-bond donors (Lipinski definition) is 4. The Balaban J connectivity index is 1.64. The van der Waals surface area contributed by atoms with Crippen molar-refractivity contribution in [1.82, 2.24) is 16.0 Å². The SMILES string of the molecule is COC(=O)[C@@H](NC(=O)C(/C=C/c1ccccc1)NC(=O)c1ccccc1-c1ccccc1C(=O)NC(Cc1ccccc1)C(=O)O)C(C)C. The maximum atomic E-state index is 13.9. The summed E-state index contributed by atoms with van der Waals surface area (Å²) in [4.78, 5) is 65.6. The molecule has 4 rings (SSSR count). The van der Waals surface area contributed by atoms with E-state index in [1.54, 1.807) is 92.7 Å². The molecule has 0 bridgehead atoms. The minimum Gasteiger partial charge on any atom is -0.480 e. The Morgan fingerprint density at radius 1 is 0.694 bits per heavy atom. The Hall–Kier alpha value is -6.03.